The third-order valence-electron chi connectivity index (χ3n) is 5.31. The van der Waals surface area contributed by atoms with Gasteiger partial charge in [0, 0.05) is 23.2 Å². The number of para-hydroxylation sites is 3. The highest BCUT2D eigenvalue weighted by Gasteiger charge is 2.30. The minimum absolute atomic E-state index is 0.0716. The lowest BCUT2D eigenvalue weighted by Crippen LogP contribution is -2.25. The van der Waals surface area contributed by atoms with Gasteiger partial charge in [-0.25, -0.2) is 4.98 Å². The molecule has 1 aromatic heterocycles. The van der Waals surface area contributed by atoms with Crippen LogP contribution in [0.15, 0.2) is 60.7 Å². The molecule has 1 unspecified atom stereocenters. The van der Waals surface area contributed by atoms with Gasteiger partial charge in [-0.3, -0.25) is 0 Å². The highest BCUT2D eigenvalue weighted by Crippen LogP contribution is 2.45. The van der Waals surface area contributed by atoms with Crippen molar-refractivity contribution < 1.29 is 5.11 Å². The molecule has 3 aromatic carbocycles. The normalized spacial score (nSPS) is 15.2. The number of hydrogen-bond acceptors (Lipinski definition) is 4. The van der Waals surface area contributed by atoms with E-state index < -0.39 is 0 Å². The Morgan fingerprint density at radius 1 is 0.963 bits per heavy atom. The third kappa shape index (κ3) is 2.77. The van der Waals surface area contributed by atoms with Crippen LogP contribution in [-0.4, -0.2) is 10.1 Å². The van der Waals surface area contributed by atoms with Gasteiger partial charge in [-0.2, -0.15) is 0 Å². The smallest absolute Gasteiger partial charge is 0.124 e. The highest BCUT2D eigenvalue weighted by molar-refractivity contribution is 7.18. The van der Waals surface area contributed by atoms with Crippen molar-refractivity contribution in [3.63, 3.8) is 0 Å². The fourth-order valence-corrected chi connectivity index (χ4v) is 4.78. The molecule has 0 saturated carbocycles. The van der Waals surface area contributed by atoms with E-state index in [-0.39, 0.29) is 6.04 Å². The molecule has 27 heavy (non-hydrogen) atoms. The van der Waals surface area contributed by atoms with Gasteiger partial charge >= 0.3 is 0 Å². The van der Waals surface area contributed by atoms with E-state index >= 15 is 0 Å². The van der Waals surface area contributed by atoms with Gasteiger partial charge in [-0.05, 0) is 36.6 Å². The maximum Gasteiger partial charge on any atom is 0.124 e. The average molecular weight is 372 g/mol. The summed E-state index contributed by atoms with van der Waals surface area (Å²) in [6.07, 6.45) is 1.90. The number of fused-ring (bicyclic) bond motifs is 2. The van der Waals surface area contributed by atoms with Crippen LogP contribution in [0.25, 0.3) is 10.2 Å². The number of anilines is 1. The minimum Gasteiger partial charge on any atom is -0.507 e. The third-order valence-corrected chi connectivity index (χ3v) is 6.41. The first-order valence-corrected chi connectivity index (χ1v) is 10.0. The number of phenolic OH excluding ortho intramolecular Hbond substituents is 1. The Hall–Kier alpha value is -2.85. The number of hydrogen-bond donors (Lipinski definition) is 2. The Morgan fingerprint density at radius 2 is 1.78 bits per heavy atom. The predicted molar refractivity (Wildman–Crippen MR) is 112 cm³/mol. The van der Waals surface area contributed by atoms with Crippen molar-refractivity contribution in [3.8, 4) is 5.75 Å². The number of nitrogens with zero attached hydrogens (tertiary/aromatic N) is 1. The number of aromatic nitrogens is 1. The molecule has 0 saturated heterocycles. The summed E-state index contributed by atoms with van der Waals surface area (Å²) in [5.74, 6) is 0.389. The number of phenols is 1. The van der Waals surface area contributed by atoms with Crippen LogP contribution in [0.1, 0.15) is 33.3 Å². The van der Waals surface area contributed by atoms with E-state index in [4.69, 9.17) is 4.98 Å². The van der Waals surface area contributed by atoms with Crippen LogP contribution in [-0.2, 0) is 12.8 Å². The number of benzene rings is 3. The van der Waals surface area contributed by atoms with Crippen LogP contribution in [0.2, 0.25) is 0 Å². The molecule has 1 aliphatic heterocycles. The summed E-state index contributed by atoms with van der Waals surface area (Å²) < 4.78 is 1.25. The summed E-state index contributed by atoms with van der Waals surface area (Å²) in [5.41, 5.74) is 6.74. The van der Waals surface area contributed by atoms with Gasteiger partial charge in [0.1, 0.15) is 5.75 Å². The Bertz CT molecular complexity index is 1120. The second-order valence-corrected chi connectivity index (χ2v) is 8.16. The SMILES string of the molecule is Cc1cccc(C2Nc3c(CCc4nc5ccccc5s4)cccc32)c1O. The molecule has 5 rings (SSSR count). The Morgan fingerprint density at radius 3 is 2.67 bits per heavy atom. The molecule has 0 bridgehead atoms. The summed E-state index contributed by atoms with van der Waals surface area (Å²) in [6.45, 7) is 1.94. The summed E-state index contributed by atoms with van der Waals surface area (Å²) in [6, 6.07) is 20.8. The number of thiazole rings is 1. The topological polar surface area (TPSA) is 45.2 Å². The summed E-state index contributed by atoms with van der Waals surface area (Å²) in [7, 11) is 0. The Kier molecular flexibility index (Phi) is 3.87. The van der Waals surface area contributed by atoms with Crippen LogP contribution < -0.4 is 5.32 Å². The maximum absolute atomic E-state index is 10.4. The largest absolute Gasteiger partial charge is 0.507 e. The van der Waals surface area contributed by atoms with Crippen molar-refractivity contribution >= 4 is 27.2 Å². The van der Waals surface area contributed by atoms with Gasteiger partial charge in [0.15, 0.2) is 0 Å². The first-order chi connectivity index (χ1) is 13.2. The molecule has 2 heterocycles. The molecule has 1 aliphatic rings. The second kappa shape index (κ2) is 6.39. The molecule has 3 nitrogen and oxygen atoms in total. The molecule has 4 heteroatoms. The molecule has 134 valence electrons. The molecule has 1 atom stereocenters. The molecule has 0 amide bonds. The van der Waals surface area contributed by atoms with E-state index in [9.17, 15) is 5.11 Å². The van der Waals surface area contributed by atoms with E-state index in [1.165, 1.54) is 26.5 Å². The predicted octanol–water partition coefficient (Wildman–Crippen LogP) is 5.61. The number of aryl methyl sites for hydroxylation is 3. The van der Waals surface area contributed by atoms with Gasteiger partial charge in [-0.1, -0.05) is 48.5 Å². The second-order valence-electron chi connectivity index (χ2n) is 7.05. The number of rotatable bonds is 4. The number of nitrogens with one attached hydrogen (secondary N) is 1. The number of aromatic hydroxyl groups is 1. The molecule has 0 aliphatic carbocycles. The Balaban J connectivity index is 1.38. The fourth-order valence-electron chi connectivity index (χ4n) is 3.82. The van der Waals surface area contributed by atoms with E-state index in [0.717, 1.165) is 29.5 Å². The zero-order valence-corrected chi connectivity index (χ0v) is 15.9. The first-order valence-electron chi connectivity index (χ1n) is 9.22. The van der Waals surface area contributed by atoms with Gasteiger partial charge in [0.2, 0.25) is 0 Å². The van der Waals surface area contributed by atoms with E-state index in [0.29, 0.717) is 5.75 Å². The minimum atomic E-state index is 0.0716. The molecular formula is C23H20N2OS. The van der Waals surface area contributed by atoms with Gasteiger partial charge < -0.3 is 10.4 Å². The van der Waals surface area contributed by atoms with Crippen LogP contribution in [0, 0.1) is 6.92 Å². The van der Waals surface area contributed by atoms with Crippen LogP contribution >= 0.6 is 11.3 Å². The summed E-state index contributed by atoms with van der Waals surface area (Å²) >= 11 is 1.78. The zero-order valence-electron chi connectivity index (χ0n) is 15.1. The maximum atomic E-state index is 10.4. The Labute approximate surface area is 162 Å². The first kappa shape index (κ1) is 16.3. The molecule has 0 radical (unpaired) electrons. The van der Waals surface area contributed by atoms with Gasteiger partial charge in [0.25, 0.3) is 0 Å². The van der Waals surface area contributed by atoms with E-state index in [2.05, 4.69) is 41.7 Å². The van der Waals surface area contributed by atoms with Crippen molar-refractivity contribution in [1.82, 2.24) is 4.98 Å². The summed E-state index contributed by atoms with van der Waals surface area (Å²) in [4.78, 5) is 4.75. The standard InChI is InChI=1S/C23H20N2OS/c1-14-6-4-9-17(23(14)26)22-16-8-5-7-15(21(16)25-22)12-13-20-24-18-10-2-3-11-19(18)27-20/h2-11,22,25-26H,12-13H2,1H3. The van der Waals surface area contributed by atoms with Crippen LogP contribution in [0.4, 0.5) is 5.69 Å². The van der Waals surface area contributed by atoms with Crippen molar-refractivity contribution in [2.24, 2.45) is 0 Å². The van der Waals surface area contributed by atoms with Crippen molar-refractivity contribution in [2.45, 2.75) is 25.8 Å². The lowest BCUT2D eigenvalue weighted by atomic mass is 9.86. The van der Waals surface area contributed by atoms with Gasteiger partial charge in [-0.15, -0.1) is 11.3 Å². The molecular weight excluding hydrogens is 352 g/mol. The molecule has 4 aromatic rings. The lowest BCUT2D eigenvalue weighted by Gasteiger charge is -2.35. The summed E-state index contributed by atoms with van der Waals surface area (Å²) in [5, 5.41) is 15.1. The average Bonchev–Trinajstić information content (AvgIpc) is 3.07. The van der Waals surface area contributed by atoms with Crippen LogP contribution in [0.5, 0.6) is 5.75 Å². The fraction of sp³-hybridized carbons (Fsp3) is 0.174. The van der Waals surface area contributed by atoms with Gasteiger partial charge in [0.05, 0.1) is 21.3 Å². The molecule has 2 N–H and O–H groups in total. The molecule has 0 spiro atoms. The monoisotopic (exact) mass is 372 g/mol. The van der Waals surface area contributed by atoms with E-state index in [1.807, 2.05) is 31.2 Å². The molecule has 0 fully saturated rings. The van der Waals surface area contributed by atoms with Crippen LogP contribution in [0.3, 0.4) is 0 Å². The van der Waals surface area contributed by atoms with Crippen molar-refractivity contribution in [2.75, 3.05) is 5.32 Å². The quantitative estimate of drug-likeness (QED) is 0.489. The van der Waals surface area contributed by atoms with Crippen molar-refractivity contribution in [3.05, 3.63) is 87.9 Å². The van der Waals surface area contributed by atoms with E-state index in [1.54, 1.807) is 11.3 Å². The zero-order chi connectivity index (χ0) is 18.4. The van der Waals surface area contributed by atoms with Crippen molar-refractivity contribution in [1.29, 1.82) is 0 Å². The lowest BCUT2D eigenvalue weighted by molar-refractivity contribution is 0.461. The highest BCUT2D eigenvalue weighted by atomic mass is 32.1.